The normalized spacial score (nSPS) is 11.2. The maximum atomic E-state index is 5.02. The summed E-state index contributed by atoms with van der Waals surface area (Å²) < 4.78 is 0. The molecule has 0 unspecified atom stereocenters. The number of hydrogen-bond donors (Lipinski definition) is 0. The van der Waals surface area contributed by atoms with Crippen LogP contribution in [-0.4, -0.2) is 15.0 Å². The second-order valence-electron chi connectivity index (χ2n) is 7.10. The molecule has 28 heavy (non-hydrogen) atoms. The van der Waals surface area contributed by atoms with Gasteiger partial charge in [-0.1, -0.05) is 54.6 Å². The molecular weight excluding hydrogens is 342 g/mol. The molecule has 5 rings (SSSR count). The van der Waals surface area contributed by atoms with Crippen LogP contribution < -0.4 is 0 Å². The zero-order chi connectivity index (χ0) is 19.1. The SMILES string of the molecule is Cc1cccc(C)c1-c1nc(-c2cnc3ccccc3c2)nc2ccccc12. The Morgan fingerprint density at radius 2 is 1.39 bits per heavy atom. The average molecular weight is 361 g/mol. The number of nitrogens with zero attached hydrogens (tertiary/aromatic N) is 3. The molecule has 2 heterocycles. The van der Waals surface area contributed by atoms with Gasteiger partial charge in [-0.3, -0.25) is 4.98 Å². The molecule has 0 aliphatic rings. The van der Waals surface area contributed by atoms with Crippen LogP contribution in [0, 0.1) is 13.8 Å². The first kappa shape index (κ1) is 16.6. The fraction of sp³-hybridized carbons (Fsp3) is 0.0800. The maximum Gasteiger partial charge on any atom is 0.162 e. The van der Waals surface area contributed by atoms with Gasteiger partial charge >= 0.3 is 0 Å². The van der Waals surface area contributed by atoms with Crippen LogP contribution in [0.15, 0.2) is 79.0 Å². The molecule has 2 aromatic heterocycles. The Morgan fingerprint density at radius 3 is 2.21 bits per heavy atom. The van der Waals surface area contributed by atoms with Crippen LogP contribution in [0.5, 0.6) is 0 Å². The second-order valence-corrected chi connectivity index (χ2v) is 7.10. The van der Waals surface area contributed by atoms with Crippen molar-refractivity contribution in [3.63, 3.8) is 0 Å². The van der Waals surface area contributed by atoms with E-state index in [-0.39, 0.29) is 0 Å². The lowest BCUT2D eigenvalue weighted by Crippen LogP contribution is -1.98. The molecule has 0 fully saturated rings. The van der Waals surface area contributed by atoms with Crippen molar-refractivity contribution in [2.75, 3.05) is 0 Å². The molecule has 3 nitrogen and oxygen atoms in total. The third-order valence-electron chi connectivity index (χ3n) is 5.17. The van der Waals surface area contributed by atoms with Crippen LogP contribution in [-0.2, 0) is 0 Å². The molecule has 0 amide bonds. The summed E-state index contributed by atoms with van der Waals surface area (Å²) in [4.78, 5) is 14.5. The van der Waals surface area contributed by atoms with E-state index in [0.29, 0.717) is 5.82 Å². The van der Waals surface area contributed by atoms with Crippen LogP contribution in [0.1, 0.15) is 11.1 Å². The third kappa shape index (κ3) is 2.72. The number of benzene rings is 3. The Kier molecular flexibility index (Phi) is 3.87. The number of fused-ring (bicyclic) bond motifs is 2. The van der Waals surface area contributed by atoms with Crippen molar-refractivity contribution in [1.29, 1.82) is 0 Å². The van der Waals surface area contributed by atoms with E-state index in [2.05, 4.69) is 55.2 Å². The molecule has 0 radical (unpaired) electrons. The van der Waals surface area contributed by atoms with Crippen molar-refractivity contribution in [2.45, 2.75) is 13.8 Å². The fourth-order valence-electron chi connectivity index (χ4n) is 3.78. The highest BCUT2D eigenvalue weighted by molar-refractivity contribution is 5.95. The lowest BCUT2D eigenvalue weighted by atomic mass is 9.97. The first-order chi connectivity index (χ1) is 13.7. The van der Waals surface area contributed by atoms with E-state index in [1.165, 1.54) is 16.7 Å². The van der Waals surface area contributed by atoms with Gasteiger partial charge in [0.25, 0.3) is 0 Å². The Bertz CT molecular complexity index is 1320. The summed E-state index contributed by atoms with van der Waals surface area (Å²) in [7, 11) is 0. The van der Waals surface area contributed by atoms with Gasteiger partial charge in [0.1, 0.15) is 0 Å². The van der Waals surface area contributed by atoms with Crippen LogP contribution in [0.4, 0.5) is 0 Å². The van der Waals surface area contributed by atoms with Crippen LogP contribution in [0.3, 0.4) is 0 Å². The van der Waals surface area contributed by atoms with Gasteiger partial charge in [0.2, 0.25) is 0 Å². The Labute approximate surface area is 163 Å². The molecule has 0 atom stereocenters. The van der Waals surface area contributed by atoms with E-state index in [0.717, 1.165) is 33.1 Å². The van der Waals surface area contributed by atoms with Crippen molar-refractivity contribution in [1.82, 2.24) is 15.0 Å². The summed E-state index contributed by atoms with van der Waals surface area (Å²) in [6.07, 6.45) is 1.86. The van der Waals surface area contributed by atoms with E-state index in [4.69, 9.17) is 9.97 Å². The van der Waals surface area contributed by atoms with Crippen LogP contribution >= 0.6 is 0 Å². The van der Waals surface area contributed by atoms with E-state index >= 15 is 0 Å². The molecule has 3 aromatic carbocycles. The third-order valence-corrected chi connectivity index (χ3v) is 5.17. The summed E-state index contributed by atoms with van der Waals surface area (Å²) in [6.45, 7) is 4.27. The number of rotatable bonds is 2. The van der Waals surface area contributed by atoms with Gasteiger partial charge in [-0.25, -0.2) is 9.97 Å². The van der Waals surface area contributed by atoms with Crippen molar-refractivity contribution in [3.8, 4) is 22.6 Å². The molecule has 0 aliphatic heterocycles. The van der Waals surface area contributed by atoms with E-state index < -0.39 is 0 Å². The lowest BCUT2D eigenvalue weighted by molar-refractivity contribution is 1.21. The molecular formula is C25H19N3. The van der Waals surface area contributed by atoms with Crippen LogP contribution in [0.25, 0.3) is 44.5 Å². The number of para-hydroxylation sites is 2. The first-order valence-electron chi connectivity index (χ1n) is 9.39. The monoisotopic (exact) mass is 361 g/mol. The first-order valence-corrected chi connectivity index (χ1v) is 9.39. The lowest BCUT2D eigenvalue weighted by Gasteiger charge is -2.13. The second kappa shape index (κ2) is 6.54. The number of pyridine rings is 1. The number of hydrogen-bond acceptors (Lipinski definition) is 3. The molecule has 3 heteroatoms. The minimum Gasteiger partial charge on any atom is -0.255 e. The molecule has 0 spiro atoms. The quantitative estimate of drug-likeness (QED) is 0.380. The van der Waals surface area contributed by atoms with Crippen molar-refractivity contribution >= 4 is 21.8 Å². The van der Waals surface area contributed by atoms with E-state index in [1.807, 2.05) is 42.6 Å². The maximum absolute atomic E-state index is 5.02. The Balaban J connectivity index is 1.81. The predicted molar refractivity (Wildman–Crippen MR) is 115 cm³/mol. The van der Waals surface area contributed by atoms with E-state index in [9.17, 15) is 0 Å². The zero-order valence-corrected chi connectivity index (χ0v) is 15.8. The van der Waals surface area contributed by atoms with Crippen LogP contribution in [0.2, 0.25) is 0 Å². The highest BCUT2D eigenvalue weighted by Crippen LogP contribution is 2.33. The van der Waals surface area contributed by atoms with Gasteiger partial charge in [0, 0.05) is 28.1 Å². The summed E-state index contributed by atoms with van der Waals surface area (Å²) in [5.74, 6) is 0.703. The molecule has 5 aromatic rings. The molecule has 0 bridgehead atoms. The molecule has 134 valence electrons. The topological polar surface area (TPSA) is 38.7 Å². The average Bonchev–Trinajstić information content (AvgIpc) is 2.73. The molecule has 0 saturated heterocycles. The van der Waals surface area contributed by atoms with E-state index in [1.54, 1.807) is 0 Å². The highest BCUT2D eigenvalue weighted by atomic mass is 14.9. The fourth-order valence-corrected chi connectivity index (χ4v) is 3.78. The van der Waals surface area contributed by atoms with Gasteiger partial charge in [-0.2, -0.15) is 0 Å². The Morgan fingerprint density at radius 1 is 0.679 bits per heavy atom. The largest absolute Gasteiger partial charge is 0.255 e. The number of aromatic nitrogens is 3. The standard InChI is InChI=1S/C25H19N3/c1-16-8-7-9-17(2)23(16)24-20-11-4-6-13-22(20)27-25(28-24)19-14-18-10-3-5-12-21(18)26-15-19/h3-15H,1-2H3. The van der Waals surface area contributed by atoms with Gasteiger partial charge in [0.05, 0.1) is 16.7 Å². The predicted octanol–water partition coefficient (Wildman–Crippen LogP) is 6.13. The van der Waals surface area contributed by atoms with Crippen molar-refractivity contribution in [2.24, 2.45) is 0 Å². The smallest absolute Gasteiger partial charge is 0.162 e. The van der Waals surface area contributed by atoms with Gasteiger partial charge < -0.3 is 0 Å². The summed E-state index contributed by atoms with van der Waals surface area (Å²) in [5.41, 5.74) is 7.43. The number of aryl methyl sites for hydroxylation is 2. The molecule has 0 saturated carbocycles. The minimum atomic E-state index is 0.703. The van der Waals surface area contributed by atoms with Gasteiger partial charge in [0.15, 0.2) is 5.82 Å². The van der Waals surface area contributed by atoms with Crippen molar-refractivity contribution in [3.05, 3.63) is 90.1 Å². The highest BCUT2D eigenvalue weighted by Gasteiger charge is 2.15. The molecule has 0 N–H and O–H groups in total. The molecule has 0 aliphatic carbocycles. The minimum absolute atomic E-state index is 0.703. The zero-order valence-electron chi connectivity index (χ0n) is 15.8. The summed E-state index contributed by atoms with van der Waals surface area (Å²) in [6, 6.07) is 24.8. The van der Waals surface area contributed by atoms with Gasteiger partial charge in [-0.05, 0) is 43.2 Å². The summed E-state index contributed by atoms with van der Waals surface area (Å²) >= 11 is 0. The Hall–Kier alpha value is -3.59. The van der Waals surface area contributed by atoms with Crippen molar-refractivity contribution < 1.29 is 0 Å². The van der Waals surface area contributed by atoms with Gasteiger partial charge in [-0.15, -0.1) is 0 Å². The summed E-state index contributed by atoms with van der Waals surface area (Å²) in [5, 5.41) is 2.16.